The lowest BCUT2D eigenvalue weighted by Crippen LogP contribution is -2.12. The Morgan fingerprint density at radius 3 is 2.38 bits per heavy atom. The Hall–Kier alpha value is -1.80. The van der Waals surface area contributed by atoms with Crippen LogP contribution >= 0.6 is 15.9 Å². The van der Waals surface area contributed by atoms with Crippen LogP contribution in [0.3, 0.4) is 0 Å². The minimum absolute atomic E-state index is 0.0264. The normalized spacial score (nSPS) is 11.0. The molecule has 1 aromatic heterocycles. The minimum atomic E-state index is -4.09. The van der Waals surface area contributed by atoms with Crippen LogP contribution in [0.25, 0.3) is 0 Å². The topological polar surface area (TPSA) is 74.7 Å². The molecule has 0 fully saturated rings. The summed E-state index contributed by atoms with van der Waals surface area (Å²) in [6.45, 7) is 0. The van der Waals surface area contributed by atoms with Crippen LogP contribution in [0, 0.1) is 0 Å². The fourth-order valence-corrected chi connectivity index (χ4v) is 3.12. The summed E-state index contributed by atoms with van der Waals surface area (Å²) in [5, 5.41) is 0. The third-order valence-corrected chi connectivity index (χ3v) is 4.41. The highest BCUT2D eigenvalue weighted by Gasteiger charge is 2.24. The molecule has 0 bridgehead atoms. The summed E-state index contributed by atoms with van der Waals surface area (Å²) in [7, 11) is -1.29. The van der Waals surface area contributed by atoms with Gasteiger partial charge in [0.1, 0.15) is 11.5 Å². The molecule has 2 rings (SSSR count). The van der Waals surface area contributed by atoms with E-state index >= 15 is 0 Å². The Kier molecular flexibility index (Phi) is 4.69. The predicted molar refractivity (Wildman–Crippen MR) is 79.3 cm³/mol. The Balaban J connectivity index is 2.48. The van der Waals surface area contributed by atoms with Crippen molar-refractivity contribution in [3.63, 3.8) is 0 Å². The average Bonchev–Trinajstić information content (AvgIpc) is 2.47. The lowest BCUT2D eigenvalue weighted by atomic mass is 10.3. The first-order chi connectivity index (χ1) is 9.97. The molecule has 1 heterocycles. The molecule has 8 heteroatoms. The quantitative estimate of drug-likeness (QED) is 0.749. The van der Waals surface area contributed by atoms with Crippen molar-refractivity contribution < 1.29 is 22.1 Å². The Bertz CT molecular complexity index is 734. The van der Waals surface area contributed by atoms with E-state index in [0.717, 1.165) is 0 Å². The number of hydrogen-bond acceptors (Lipinski definition) is 6. The van der Waals surface area contributed by atoms with Gasteiger partial charge in [-0.15, -0.1) is 0 Å². The van der Waals surface area contributed by atoms with Gasteiger partial charge in [-0.2, -0.15) is 8.42 Å². The smallest absolute Gasteiger partial charge is 0.344 e. The van der Waals surface area contributed by atoms with Crippen molar-refractivity contribution in [3.05, 3.63) is 41.0 Å². The van der Waals surface area contributed by atoms with Crippen LogP contribution < -0.4 is 13.7 Å². The number of rotatable bonds is 5. The Morgan fingerprint density at radius 1 is 1.10 bits per heavy atom. The van der Waals surface area contributed by atoms with Gasteiger partial charge in [-0.05, 0) is 28.1 Å². The number of halogens is 1. The highest BCUT2D eigenvalue weighted by Crippen LogP contribution is 2.36. The highest BCUT2D eigenvalue weighted by atomic mass is 79.9. The third kappa shape index (κ3) is 3.45. The lowest BCUT2D eigenvalue weighted by molar-refractivity contribution is 0.386. The van der Waals surface area contributed by atoms with Crippen molar-refractivity contribution in [1.29, 1.82) is 0 Å². The summed E-state index contributed by atoms with van der Waals surface area (Å²) in [5.41, 5.74) is 0. The fraction of sp³-hybridized carbons (Fsp3) is 0.154. The fourth-order valence-electron chi connectivity index (χ4n) is 1.58. The van der Waals surface area contributed by atoms with Gasteiger partial charge in [-0.1, -0.05) is 6.07 Å². The second-order valence-electron chi connectivity index (χ2n) is 3.84. The van der Waals surface area contributed by atoms with E-state index in [2.05, 4.69) is 20.9 Å². The standard InChI is InChI=1S/C13H12BrNO5S/c1-18-10-8-12(11(19-2)7-9(10)14)21(16,17)20-13-5-3-4-6-15-13/h3-8H,1-2H3. The zero-order valence-electron chi connectivity index (χ0n) is 11.2. The van der Waals surface area contributed by atoms with Gasteiger partial charge in [0.2, 0.25) is 5.88 Å². The molecule has 0 saturated carbocycles. The number of pyridine rings is 1. The summed E-state index contributed by atoms with van der Waals surface area (Å²) < 4.78 is 40.4. The molecule has 21 heavy (non-hydrogen) atoms. The first kappa shape index (κ1) is 15.6. The van der Waals surface area contributed by atoms with Crippen LogP contribution in [0.1, 0.15) is 0 Å². The largest absolute Gasteiger partial charge is 0.496 e. The van der Waals surface area contributed by atoms with Crippen molar-refractivity contribution in [2.45, 2.75) is 4.90 Å². The number of benzene rings is 1. The molecule has 112 valence electrons. The minimum Gasteiger partial charge on any atom is -0.496 e. The van der Waals surface area contributed by atoms with Crippen LogP contribution in [-0.4, -0.2) is 27.6 Å². The molecule has 0 saturated heterocycles. The second kappa shape index (κ2) is 6.31. The molecule has 0 N–H and O–H groups in total. The zero-order valence-corrected chi connectivity index (χ0v) is 13.6. The maximum Gasteiger partial charge on any atom is 0.344 e. The molecule has 0 amide bonds. The molecular weight excluding hydrogens is 362 g/mol. The molecule has 1 aromatic carbocycles. The number of methoxy groups -OCH3 is 2. The molecule has 2 aromatic rings. The molecule has 0 aliphatic heterocycles. The van der Waals surface area contributed by atoms with E-state index in [1.54, 1.807) is 12.1 Å². The van der Waals surface area contributed by atoms with Crippen molar-refractivity contribution in [2.24, 2.45) is 0 Å². The van der Waals surface area contributed by atoms with E-state index in [9.17, 15) is 8.42 Å². The van der Waals surface area contributed by atoms with Gasteiger partial charge < -0.3 is 13.7 Å². The first-order valence-electron chi connectivity index (χ1n) is 5.75. The molecule has 0 radical (unpaired) electrons. The van der Waals surface area contributed by atoms with E-state index in [-0.39, 0.29) is 16.5 Å². The Morgan fingerprint density at radius 2 is 1.81 bits per heavy atom. The van der Waals surface area contributed by atoms with Crippen molar-refractivity contribution >= 4 is 26.0 Å². The van der Waals surface area contributed by atoms with Crippen LogP contribution in [0.5, 0.6) is 17.4 Å². The number of hydrogen-bond donors (Lipinski definition) is 0. The van der Waals surface area contributed by atoms with E-state index in [0.29, 0.717) is 10.2 Å². The van der Waals surface area contributed by atoms with E-state index in [4.69, 9.17) is 13.7 Å². The van der Waals surface area contributed by atoms with E-state index in [1.807, 2.05) is 0 Å². The summed E-state index contributed by atoms with van der Waals surface area (Å²) in [6.07, 6.45) is 1.43. The molecule has 0 aliphatic carbocycles. The maximum absolute atomic E-state index is 12.3. The monoisotopic (exact) mass is 373 g/mol. The van der Waals surface area contributed by atoms with Crippen molar-refractivity contribution in [1.82, 2.24) is 4.98 Å². The number of nitrogens with zero attached hydrogens (tertiary/aromatic N) is 1. The van der Waals surface area contributed by atoms with Gasteiger partial charge in [-0.25, -0.2) is 4.98 Å². The third-order valence-electron chi connectivity index (χ3n) is 2.54. The highest BCUT2D eigenvalue weighted by molar-refractivity contribution is 9.10. The summed E-state index contributed by atoms with van der Waals surface area (Å²) in [4.78, 5) is 3.68. The van der Waals surface area contributed by atoms with Gasteiger partial charge in [0.15, 0.2) is 4.90 Å². The van der Waals surface area contributed by atoms with Crippen molar-refractivity contribution in [3.8, 4) is 17.4 Å². The first-order valence-corrected chi connectivity index (χ1v) is 7.95. The second-order valence-corrected chi connectivity index (χ2v) is 6.21. The predicted octanol–water partition coefficient (Wildman–Crippen LogP) is 2.63. The molecule has 0 aliphatic rings. The van der Waals surface area contributed by atoms with Gasteiger partial charge in [0, 0.05) is 18.3 Å². The lowest BCUT2D eigenvalue weighted by Gasteiger charge is -2.12. The molecular formula is C13H12BrNO5S. The summed E-state index contributed by atoms with van der Waals surface area (Å²) in [6, 6.07) is 7.54. The van der Waals surface area contributed by atoms with E-state index in [1.165, 1.54) is 38.6 Å². The van der Waals surface area contributed by atoms with Crippen LogP contribution in [0.15, 0.2) is 45.9 Å². The van der Waals surface area contributed by atoms with Crippen LogP contribution in [0.4, 0.5) is 0 Å². The Labute approximate surface area is 130 Å². The summed E-state index contributed by atoms with van der Waals surface area (Å²) >= 11 is 3.26. The number of ether oxygens (including phenoxy) is 2. The molecule has 0 unspecified atom stereocenters. The average molecular weight is 374 g/mol. The van der Waals surface area contributed by atoms with Crippen molar-refractivity contribution in [2.75, 3.05) is 14.2 Å². The van der Waals surface area contributed by atoms with Gasteiger partial charge in [0.25, 0.3) is 0 Å². The zero-order chi connectivity index (χ0) is 15.5. The van der Waals surface area contributed by atoms with Crippen LogP contribution in [-0.2, 0) is 10.1 Å². The van der Waals surface area contributed by atoms with E-state index < -0.39 is 10.1 Å². The maximum atomic E-state index is 12.3. The van der Waals surface area contributed by atoms with Gasteiger partial charge >= 0.3 is 10.1 Å². The molecule has 6 nitrogen and oxygen atoms in total. The SMILES string of the molecule is COc1cc(S(=O)(=O)Oc2ccccn2)c(OC)cc1Br. The molecule has 0 atom stereocenters. The van der Waals surface area contributed by atoms with Gasteiger partial charge in [-0.3, -0.25) is 0 Å². The molecule has 0 spiro atoms. The van der Waals surface area contributed by atoms with Gasteiger partial charge in [0.05, 0.1) is 18.7 Å². The van der Waals surface area contributed by atoms with Crippen LogP contribution in [0.2, 0.25) is 0 Å². The summed E-state index contributed by atoms with van der Waals surface area (Å²) in [5.74, 6) is 0.457. The number of aromatic nitrogens is 1.